The van der Waals surface area contributed by atoms with Gasteiger partial charge in [0.1, 0.15) is 0 Å². The number of rotatable bonds is 5. The summed E-state index contributed by atoms with van der Waals surface area (Å²) in [5.74, 6) is 0.905. The van der Waals surface area contributed by atoms with Gasteiger partial charge in [-0.2, -0.15) is 0 Å². The Hall–Kier alpha value is -0.590. The van der Waals surface area contributed by atoms with Crippen molar-refractivity contribution in [1.82, 2.24) is 10.2 Å². The number of hydrogen-bond acceptors (Lipinski definition) is 5. The lowest BCUT2D eigenvalue weighted by Crippen LogP contribution is -1.94. The number of thioether (sulfide) groups is 1. The van der Waals surface area contributed by atoms with Gasteiger partial charge in [0.15, 0.2) is 4.34 Å². The average Bonchev–Trinajstić information content (AvgIpc) is 2.76. The molecule has 3 nitrogen and oxygen atoms in total. The minimum absolute atomic E-state index is 0.879. The number of anilines is 1. The van der Waals surface area contributed by atoms with Crippen molar-refractivity contribution in [3.8, 4) is 0 Å². The summed E-state index contributed by atoms with van der Waals surface area (Å²) in [5.41, 5.74) is 1.28. The van der Waals surface area contributed by atoms with E-state index in [2.05, 4.69) is 50.5 Å². The van der Waals surface area contributed by atoms with Gasteiger partial charge >= 0.3 is 0 Å². The third-order valence-electron chi connectivity index (χ3n) is 2.04. The van der Waals surface area contributed by atoms with Crippen LogP contribution >= 0.6 is 39.0 Å². The first-order valence-corrected chi connectivity index (χ1v) is 7.82. The van der Waals surface area contributed by atoms with Crippen molar-refractivity contribution in [2.75, 3.05) is 11.9 Å². The number of halogens is 1. The molecule has 0 amide bonds. The molecule has 0 aliphatic carbocycles. The van der Waals surface area contributed by atoms with Gasteiger partial charge < -0.3 is 5.32 Å². The van der Waals surface area contributed by atoms with E-state index in [1.165, 1.54) is 5.56 Å². The van der Waals surface area contributed by atoms with E-state index in [1.54, 1.807) is 23.1 Å². The predicted molar refractivity (Wildman–Crippen MR) is 77.8 cm³/mol. The lowest BCUT2D eigenvalue weighted by molar-refractivity contribution is 1.00. The van der Waals surface area contributed by atoms with E-state index in [0.29, 0.717) is 0 Å². The largest absolute Gasteiger partial charge is 0.360 e. The fraction of sp³-hybridized carbons (Fsp3) is 0.273. The highest BCUT2D eigenvalue weighted by Crippen LogP contribution is 2.30. The Kier molecular flexibility index (Phi) is 4.82. The standard InChI is InChI=1S/C11H12BrN3S2/c1-2-13-10-14-15-11(17-10)16-7-8-5-3-4-6-9(8)12/h3-6H,2,7H2,1H3,(H,13,14). The summed E-state index contributed by atoms with van der Waals surface area (Å²) >= 11 is 6.85. The van der Waals surface area contributed by atoms with E-state index >= 15 is 0 Å². The second-order valence-electron chi connectivity index (χ2n) is 3.28. The third-order valence-corrected chi connectivity index (χ3v) is 4.88. The van der Waals surface area contributed by atoms with Gasteiger partial charge in [-0.1, -0.05) is 57.2 Å². The predicted octanol–water partition coefficient (Wildman–Crippen LogP) is 4.02. The van der Waals surface area contributed by atoms with Crippen LogP contribution in [0.1, 0.15) is 12.5 Å². The Labute approximate surface area is 117 Å². The maximum absolute atomic E-state index is 4.13. The van der Waals surface area contributed by atoms with Crippen molar-refractivity contribution in [3.63, 3.8) is 0 Å². The molecule has 0 saturated carbocycles. The molecule has 0 spiro atoms. The maximum Gasteiger partial charge on any atom is 0.206 e. The van der Waals surface area contributed by atoms with Crippen molar-refractivity contribution in [1.29, 1.82) is 0 Å². The third kappa shape index (κ3) is 3.69. The van der Waals surface area contributed by atoms with Gasteiger partial charge in [-0.25, -0.2) is 0 Å². The summed E-state index contributed by atoms with van der Waals surface area (Å²) in [6.07, 6.45) is 0. The molecule has 1 aromatic carbocycles. The van der Waals surface area contributed by atoms with Gasteiger partial charge in [-0.3, -0.25) is 0 Å². The molecule has 2 aromatic rings. The summed E-state index contributed by atoms with van der Waals surface area (Å²) < 4.78 is 2.14. The van der Waals surface area contributed by atoms with Gasteiger partial charge in [0.25, 0.3) is 0 Å². The monoisotopic (exact) mass is 329 g/mol. The Morgan fingerprint density at radius 3 is 2.94 bits per heavy atom. The minimum Gasteiger partial charge on any atom is -0.360 e. The highest BCUT2D eigenvalue weighted by Gasteiger charge is 2.05. The van der Waals surface area contributed by atoms with Crippen LogP contribution in [0.15, 0.2) is 33.1 Å². The number of hydrogen-bond donors (Lipinski definition) is 1. The van der Waals surface area contributed by atoms with E-state index in [0.717, 1.165) is 26.2 Å². The number of benzene rings is 1. The molecule has 1 N–H and O–H groups in total. The van der Waals surface area contributed by atoms with Crippen LogP contribution in [0.25, 0.3) is 0 Å². The van der Waals surface area contributed by atoms with E-state index in [1.807, 2.05) is 12.1 Å². The van der Waals surface area contributed by atoms with Crippen LogP contribution in [0.5, 0.6) is 0 Å². The first-order valence-electron chi connectivity index (χ1n) is 5.23. The second kappa shape index (κ2) is 6.37. The molecule has 90 valence electrons. The van der Waals surface area contributed by atoms with Crippen molar-refractivity contribution < 1.29 is 0 Å². The molecule has 2 rings (SSSR count). The Bertz CT molecular complexity index is 487. The first kappa shape index (κ1) is 12.9. The normalized spacial score (nSPS) is 10.5. The van der Waals surface area contributed by atoms with Gasteiger partial charge in [-0.05, 0) is 18.6 Å². The molecule has 6 heteroatoms. The highest BCUT2D eigenvalue weighted by atomic mass is 79.9. The van der Waals surface area contributed by atoms with Crippen LogP contribution in [0.4, 0.5) is 5.13 Å². The molecule has 1 heterocycles. The fourth-order valence-corrected chi connectivity index (χ4v) is 3.68. The fourth-order valence-electron chi connectivity index (χ4n) is 1.25. The molecule has 0 radical (unpaired) electrons. The van der Waals surface area contributed by atoms with E-state index in [9.17, 15) is 0 Å². The number of nitrogens with one attached hydrogen (secondary N) is 1. The van der Waals surface area contributed by atoms with Crippen LogP contribution < -0.4 is 5.32 Å². The Morgan fingerprint density at radius 1 is 1.35 bits per heavy atom. The van der Waals surface area contributed by atoms with Crippen molar-refractivity contribution in [3.05, 3.63) is 34.3 Å². The molecule has 0 saturated heterocycles. The van der Waals surface area contributed by atoms with Crippen LogP contribution in [-0.4, -0.2) is 16.7 Å². The van der Waals surface area contributed by atoms with Gasteiger partial charge in [-0.15, -0.1) is 10.2 Å². The summed E-state index contributed by atoms with van der Waals surface area (Å²) in [5, 5.41) is 12.2. The molecule has 0 fully saturated rings. The van der Waals surface area contributed by atoms with Crippen molar-refractivity contribution in [2.45, 2.75) is 17.0 Å². The second-order valence-corrected chi connectivity index (χ2v) is 6.34. The van der Waals surface area contributed by atoms with Gasteiger partial charge in [0.05, 0.1) is 0 Å². The quantitative estimate of drug-likeness (QED) is 0.840. The summed E-state index contributed by atoms with van der Waals surface area (Å²) in [7, 11) is 0. The van der Waals surface area contributed by atoms with Crippen LogP contribution in [0.2, 0.25) is 0 Å². The summed E-state index contributed by atoms with van der Waals surface area (Å²) in [4.78, 5) is 0. The van der Waals surface area contributed by atoms with Crippen molar-refractivity contribution >= 4 is 44.2 Å². The Morgan fingerprint density at radius 2 is 2.18 bits per heavy atom. The molecule has 17 heavy (non-hydrogen) atoms. The van der Waals surface area contributed by atoms with Crippen LogP contribution in [-0.2, 0) is 5.75 Å². The van der Waals surface area contributed by atoms with Crippen molar-refractivity contribution in [2.24, 2.45) is 0 Å². The van der Waals surface area contributed by atoms with Crippen LogP contribution in [0, 0.1) is 0 Å². The van der Waals surface area contributed by atoms with E-state index < -0.39 is 0 Å². The number of nitrogens with zero attached hydrogens (tertiary/aromatic N) is 2. The zero-order valence-electron chi connectivity index (χ0n) is 9.31. The summed E-state index contributed by atoms with van der Waals surface area (Å²) in [6.45, 7) is 2.93. The highest BCUT2D eigenvalue weighted by molar-refractivity contribution is 9.10. The molecule has 1 aromatic heterocycles. The zero-order chi connectivity index (χ0) is 12.1. The molecule has 0 atom stereocenters. The van der Waals surface area contributed by atoms with E-state index in [4.69, 9.17) is 0 Å². The van der Waals surface area contributed by atoms with Gasteiger partial charge in [0, 0.05) is 16.8 Å². The number of aromatic nitrogens is 2. The SMILES string of the molecule is CCNc1nnc(SCc2ccccc2Br)s1. The molecule has 0 unspecified atom stereocenters. The first-order chi connectivity index (χ1) is 8.29. The average molecular weight is 330 g/mol. The molecule has 0 bridgehead atoms. The van der Waals surface area contributed by atoms with Crippen LogP contribution in [0.3, 0.4) is 0 Å². The molecule has 0 aliphatic rings. The lowest BCUT2D eigenvalue weighted by atomic mass is 10.2. The Balaban J connectivity index is 1.95. The topological polar surface area (TPSA) is 37.8 Å². The molecular formula is C11H12BrN3S2. The molecule has 0 aliphatic heterocycles. The lowest BCUT2D eigenvalue weighted by Gasteiger charge is -2.01. The zero-order valence-corrected chi connectivity index (χ0v) is 12.5. The van der Waals surface area contributed by atoms with E-state index in [-0.39, 0.29) is 0 Å². The smallest absolute Gasteiger partial charge is 0.206 e. The summed E-state index contributed by atoms with van der Waals surface area (Å²) in [6, 6.07) is 8.24. The molecular weight excluding hydrogens is 318 g/mol. The maximum atomic E-state index is 4.13. The minimum atomic E-state index is 0.879. The van der Waals surface area contributed by atoms with Gasteiger partial charge in [0.2, 0.25) is 5.13 Å².